The third kappa shape index (κ3) is 5.06. The highest BCUT2D eigenvalue weighted by atomic mass is 16.2. The molecule has 2 N–H and O–H groups in total. The molecule has 0 aliphatic carbocycles. The van der Waals surface area contributed by atoms with E-state index < -0.39 is 0 Å². The van der Waals surface area contributed by atoms with Gasteiger partial charge in [-0.3, -0.25) is 14.5 Å². The summed E-state index contributed by atoms with van der Waals surface area (Å²) in [5.41, 5.74) is 1.29. The highest BCUT2D eigenvalue weighted by Crippen LogP contribution is 2.30. The van der Waals surface area contributed by atoms with Crippen LogP contribution in [0.2, 0.25) is 0 Å². The summed E-state index contributed by atoms with van der Waals surface area (Å²) >= 11 is 0. The van der Waals surface area contributed by atoms with Crippen LogP contribution in [0.5, 0.6) is 0 Å². The number of benzene rings is 1. The number of nitrogens with one attached hydrogen (secondary N) is 2. The summed E-state index contributed by atoms with van der Waals surface area (Å²) < 4.78 is 0. The number of piperidine rings is 1. The topological polar surface area (TPSA) is 61.4 Å². The minimum absolute atomic E-state index is 0.0224. The molecule has 0 aromatic heterocycles. The second kappa shape index (κ2) is 7.59. The van der Waals surface area contributed by atoms with Gasteiger partial charge in [0.15, 0.2) is 0 Å². The van der Waals surface area contributed by atoms with E-state index in [1.165, 1.54) is 5.56 Å². The molecule has 1 fully saturated rings. The van der Waals surface area contributed by atoms with Crippen LogP contribution in [0.25, 0.3) is 0 Å². The van der Waals surface area contributed by atoms with Gasteiger partial charge in [0, 0.05) is 32.7 Å². The number of hydrogen-bond donors (Lipinski definition) is 2. The molecule has 126 valence electrons. The Bertz CT molecular complexity index is 542. The van der Waals surface area contributed by atoms with Gasteiger partial charge in [0.2, 0.25) is 11.8 Å². The molecule has 5 nitrogen and oxygen atoms in total. The van der Waals surface area contributed by atoms with Gasteiger partial charge in [-0.1, -0.05) is 44.2 Å². The molecular formula is C18H27N3O2. The highest BCUT2D eigenvalue weighted by molar-refractivity contribution is 5.96. The smallest absolute Gasteiger partial charge is 0.229 e. The number of carbonyl (C=O) groups excluding carboxylic acids is 2. The van der Waals surface area contributed by atoms with Crippen LogP contribution in [0.3, 0.4) is 0 Å². The summed E-state index contributed by atoms with van der Waals surface area (Å²) in [6, 6.07) is 10.5. The third-order valence-corrected chi connectivity index (χ3v) is 4.49. The predicted octanol–water partition coefficient (Wildman–Crippen LogP) is 1.54. The molecule has 5 heteroatoms. The Labute approximate surface area is 138 Å². The van der Waals surface area contributed by atoms with Crippen molar-refractivity contribution in [3.8, 4) is 0 Å². The summed E-state index contributed by atoms with van der Waals surface area (Å²) in [7, 11) is 1.54. The predicted molar refractivity (Wildman–Crippen MR) is 90.7 cm³/mol. The minimum atomic E-state index is -0.248. The first kappa shape index (κ1) is 17.5. The van der Waals surface area contributed by atoms with Crippen molar-refractivity contribution in [3.63, 3.8) is 0 Å². The lowest BCUT2D eigenvalue weighted by Crippen LogP contribution is -2.55. The van der Waals surface area contributed by atoms with Gasteiger partial charge in [0.05, 0.1) is 0 Å². The van der Waals surface area contributed by atoms with Crippen LogP contribution in [0.15, 0.2) is 30.3 Å². The summed E-state index contributed by atoms with van der Waals surface area (Å²) in [4.78, 5) is 25.7. The van der Waals surface area contributed by atoms with Gasteiger partial charge >= 0.3 is 0 Å². The molecule has 1 unspecified atom stereocenters. The zero-order chi connectivity index (χ0) is 16.9. The average molecular weight is 317 g/mol. The fourth-order valence-electron chi connectivity index (χ4n) is 3.19. The third-order valence-electron chi connectivity index (χ3n) is 4.49. The summed E-state index contributed by atoms with van der Waals surface area (Å²) in [6.07, 6.45) is 0.802. The van der Waals surface area contributed by atoms with Gasteiger partial charge in [-0.2, -0.15) is 0 Å². The first-order valence-corrected chi connectivity index (χ1v) is 8.17. The van der Waals surface area contributed by atoms with Crippen LogP contribution in [0.1, 0.15) is 32.3 Å². The molecule has 1 saturated heterocycles. The highest BCUT2D eigenvalue weighted by Gasteiger charge is 2.36. The lowest BCUT2D eigenvalue weighted by atomic mass is 9.79. The normalized spacial score (nSPS) is 20.7. The monoisotopic (exact) mass is 317 g/mol. The Kier molecular flexibility index (Phi) is 5.77. The van der Waals surface area contributed by atoms with Crippen molar-refractivity contribution in [2.24, 2.45) is 5.41 Å². The lowest BCUT2D eigenvalue weighted by molar-refractivity contribution is -0.130. The molecule has 2 amide bonds. The second-order valence-corrected chi connectivity index (χ2v) is 6.94. The summed E-state index contributed by atoms with van der Waals surface area (Å²) in [5.74, 6) is -0.444. The molecule has 0 spiro atoms. The Morgan fingerprint density at radius 3 is 2.52 bits per heavy atom. The molecule has 1 heterocycles. The van der Waals surface area contributed by atoms with Gasteiger partial charge in [0.25, 0.3) is 0 Å². The second-order valence-electron chi connectivity index (χ2n) is 6.94. The molecule has 23 heavy (non-hydrogen) atoms. The van der Waals surface area contributed by atoms with Crippen LogP contribution in [-0.2, 0) is 16.1 Å². The number of nitrogens with zero attached hydrogens (tertiary/aromatic N) is 1. The van der Waals surface area contributed by atoms with E-state index >= 15 is 0 Å². The SMILES string of the molecule is CNC(=O)CC(=O)NC1CCN(Cc2ccccc2)CC1(C)C. The first-order chi connectivity index (χ1) is 10.9. The fraction of sp³-hybridized carbons (Fsp3) is 0.556. The maximum absolute atomic E-state index is 12.0. The van der Waals surface area contributed by atoms with Crippen LogP contribution in [-0.4, -0.2) is 42.9 Å². The molecule has 0 bridgehead atoms. The average Bonchev–Trinajstić information content (AvgIpc) is 2.50. The van der Waals surface area contributed by atoms with Gasteiger partial charge < -0.3 is 10.6 Å². The number of likely N-dealkylation sites (tertiary alicyclic amines) is 1. The molecule has 1 aliphatic heterocycles. The Hall–Kier alpha value is -1.88. The fourth-order valence-corrected chi connectivity index (χ4v) is 3.19. The van der Waals surface area contributed by atoms with E-state index in [2.05, 4.69) is 53.6 Å². The Morgan fingerprint density at radius 1 is 1.22 bits per heavy atom. The maximum Gasteiger partial charge on any atom is 0.229 e. The maximum atomic E-state index is 12.0. The van der Waals surface area contributed by atoms with Crippen molar-refractivity contribution in [1.82, 2.24) is 15.5 Å². The largest absolute Gasteiger partial charge is 0.359 e. The summed E-state index contributed by atoms with van der Waals surface area (Å²) in [6.45, 7) is 7.16. The zero-order valence-electron chi connectivity index (χ0n) is 14.3. The van der Waals surface area contributed by atoms with Crippen LogP contribution < -0.4 is 10.6 Å². The number of carbonyl (C=O) groups is 2. The first-order valence-electron chi connectivity index (χ1n) is 8.17. The van der Waals surface area contributed by atoms with E-state index in [0.29, 0.717) is 0 Å². The number of rotatable bonds is 5. The van der Waals surface area contributed by atoms with Gasteiger partial charge in [0.1, 0.15) is 6.42 Å². The lowest BCUT2D eigenvalue weighted by Gasteiger charge is -2.44. The van der Waals surface area contributed by atoms with E-state index in [-0.39, 0.29) is 29.7 Å². The molecule has 1 aliphatic rings. The standard InChI is InChI=1S/C18H27N3O2/c1-18(2)13-21(12-14-7-5-4-6-8-14)10-9-15(18)20-17(23)11-16(22)19-3/h4-8,15H,9-13H2,1-3H3,(H,19,22)(H,20,23). The number of amides is 2. The molecular weight excluding hydrogens is 290 g/mol. The molecule has 2 rings (SSSR count). The van der Waals surface area contributed by atoms with Crippen LogP contribution in [0, 0.1) is 5.41 Å². The van der Waals surface area contributed by atoms with Crippen molar-refractivity contribution in [3.05, 3.63) is 35.9 Å². The van der Waals surface area contributed by atoms with E-state index in [4.69, 9.17) is 0 Å². The van der Waals surface area contributed by atoms with Gasteiger partial charge in [-0.05, 0) is 17.4 Å². The molecule has 1 aromatic rings. The quantitative estimate of drug-likeness (QED) is 0.810. The molecule has 0 saturated carbocycles. The van der Waals surface area contributed by atoms with E-state index in [9.17, 15) is 9.59 Å². The van der Waals surface area contributed by atoms with Crippen molar-refractivity contribution in [2.75, 3.05) is 20.1 Å². The molecule has 1 aromatic carbocycles. The summed E-state index contributed by atoms with van der Waals surface area (Å²) in [5, 5.41) is 5.51. The Balaban J connectivity index is 1.89. The Morgan fingerprint density at radius 2 is 1.91 bits per heavy atom. The van der Waals surface area contributed by atoms with Crippen molar-refractivity contribution in [2.45, 2.75) is 39.3 Å². The minimum Gasteiger partial charge on any atom is -0.359 e. The number of hydrogen-bond acceptors (Lipinski definition) is 3. The zero-order valence-corrected chi connectivity index (χ0v) is 14.3. The molecule has 0 radical (unpaired) electrons. The van der Waals surface area contributed by atoms with E-state index in [0.717, 1.165) is 26.1 Å². The van der Waals surface area contributed by atoms with Crippen molar-refractivity contribution >= 4 is 11.8 Å². The molecule has 1 atom stereocenters. The van der Waals surface area contributed by atoms with Crippen molar-refractivity contribution in [1.29, 1.82) is 0 Å². The van der Waals surface area contributed by atoms with E-state index in [1.807, 2.05) is 6.07 Å². The van der Waals surface area contributed by atoms with Crippen LogP contribution >= 0.6 is 0 Å². The van der Waals surface area contributed by atoms with E-state index in [1.54, 1.807) is 7.05 Å². The van der Waals surface area contributed by atoms with Gasteiger partial charge in [-0.15, -0.1) is 0 Å². The van der Waals surface area contributed by atoms with Crippen LogP contribution in [0.4, 0.5) is 0 Å². The van der Waals surface area contributed by atoms with Crippen molar-refractivity contribution < 1.29 is 9.59 Å². The van der Waals surface area contributed by atoms with Gasteiger partial charge in [-0.25, -0.2) is 0 Å².